The van der Waals surface area contributed by atoms with Gasteiger partial charge in [0.1, 0.15) is 11.9 Å². The van der Waals surface area contributed by atoms with Crippen LogP contribution in [0, 0.1) is 5.92 Å². The number of aromatic nitrogens is 1. The van der Waals surface area contributed by atoms with Gasteiger partial charge in [0.25, 0.3) is 5.92 Å². The van der Waals surface area contributed by atoms with Crippen LogP contribution in [0.15, 0.2) is 30.3 Å². The van der Waals surface area contributed by atoms with Crippen LogP contribution in [-0.4, -0.2) is 65.3 Å². The smallest absolute Gasteiger partial charge is 0.325 e. The van der Waals surface area contributed by atoms with Crippen LogP contribution in [0.25, 0.3) is 0 Å². The molecule has 1 saturated heterocycles. The average Bonchev–Trinajstić information content (AvgIpc) is 3.46. The molecule has 5 rings (SSSR count). The summed E-state index contributed by atoms with van der Waals surface area (Å²) in [6, 6.07) is 8.75. The molecule has 3 aliphatic rings. The van der Waals surface area contributed by atoms with E-state index in [1.807, 2.05) is 38.1 Å². The third-order valence-corrected chi connectivity index (χ3v) is 9.30. The lowest BCUT2D eigenvalue weighted by atomic mass is 9.85. The molecule has 41 heavy (non-hydrogen) atoms. The van der Waals surface area contributed by atoms with Gasteiger partial charge in [0.2, 0.25) is 0 Å². The monoisotopic (exact) mass is 571 g/mol. The third kappa shape index (κ3) is 6.57. The summed E-state index contributed by atoms with van der Waals surface area (Å²) in [6.45, 7) is 5.59. The minimum Gasteiger partial charge on any atom is -0.480 e. The lowest BCUT2D eigenvalue weighted by Crippen LogP contribution is -2.44. The van der Waals surface area contributed by atoms with Crippen LogP contribution >= 0.6 is 0 Å². The molecule has 0 radical (unpaired) electrons. The molecular formula is C32H43F2N3O4. The number of carboxylic acid groups (broad SMARTS) is 1. The first-order valence-corrected chi connectivity index (χ1v) is 14.9. The number of pyridine rings is 1. The van der Waals surface area contributed by atoms with Gasteiger partial charge in [0, 0.05) is 44.7 Å². The van der Waals surface area contributed by atoms with E-state index in [4.69, 9.17) is 9.47 Å². The van der Waals surface area contributed by atoms with E-state index in [1.165, 1.54) is 5.56 Å². The van der Waals surface area contributed by atoms with Crippen molar-refractivity contribution in [3.05, 3.63) is 58.3 Å². The van der Waals surface area contributed by atoms with Crippen molar-refractivity contribution < 1.29 is 28.2 Å². The number of carbonyl (C=O) groups is 1. The Hall–Kier alpha value is -2.62. The summed E-state index contributed by atoms with van der Waals surface area (Å²) < 4.78 is 42.5. The molecule has 4 heterocycles. The SMILES string of the molecule is COC(C)(C)[C@@H]1Cc2c(cccc2C(C(=O)O)N2CC[C@@H](C(F)(F)CCCCc3ccc4c(n3)NCCC4)C2)CO1. The third-order valence-electron chi connectivity index (χ3n) is 9.30. The Balaban J connectivity index is 1.21. The van der Waals surface area contributed by atoms with Gasteiger partial charge in [-0.15, -0.1) is 0 Å². The fourth-order valence-corrected chi connectivity index (χ4v) is 6.54. The van der Waals surface area contributed by atoms with Crippen LogP contribution in [0.4, 0.5) is 14.6 Å². The number of methoxy groups -OCH3 is 1. The van der Waals surface area contributed by atoms with Crippen molar-refractivity contribution in [2.24, 2.45) is 5.92 Å². The van der Waals surface area contributed by atoms with E-state index >= 15 is 8.78 Å². The Morgan fingerprint density at radius 1 is 1.24 bits per heavy atom. The van der Waals surface area contributed by atoms with Gasteiger partial charge in [-0.25, -0.2) is 13.8 Å². The highest BCUT2D eigenvalue weighted by atomic mass is 19.3. The zero-order valence-electron chi connectivity index (χ0n) is 24.4. The van der Waals surface area contributed by atoms with Crippen LogP contribution in [0.2, 0.25) is 0 Å². The molecular weight excluding hydrogens is 528 g/mol. The number of unbranched alkanes of at least 4 members (excludes halogenated alkanes) is 1. The number of carboxylic acids is 1. The highest BCUT2D eigenvalue weighted by Crippen LogP contribution is 2.41. The van der Waals surface area contributed by atoms with Crippen LogP contribution < -0.4 is 5.32 Å². The highest BCUT2D eigenvalue weighted by molar-refractivity contribution is 5.76. The molecule has 0 aliphatic carbocycles. The number of nitrogens with one attached hydrogen (secondary N) is 1. The van der Waals surface area contributed by atoms with Crippen LogP contribution in [-0.2, 0) is 40.1 Å². The van der Waals surface area contributed by atoms with Gasteiger partial charge in [0.15, 0.2) is 0 Å². The van der Waals surface area contributed by atoms with Gasteiger partial charge < -0.3 is 19.9 Å². The molecule has 1 fully saturated rings. The summed E-state index contributed by atoms with van der Waals surface area (Å²) >= 11 is 0. The van der Waals surface area contributed by atoms with E-state index in [9.17, 15) is 9.90 Å². The number of alkyl halides is 2. The predicted molar refractivity (Wildman–Crippen MR) is 153 cm³/mol. The van der Waals surface area contributed by atoms with Crippen molar-refractivity contribution in [3.8, 4) is 0 Å². The molecule has 224 valence electrons. The Labute approximate surface area is 241 Å². The van der Waals surface area contributed by atoms with E-state index in [0.29, 0.717) is 44.4 Å². The molecule has 0 spiro atoms. The summed E-state index contributed by atoms with van der Waals surface area (Å²) in [7, 11) is 1.64. The molecule has 0 saturated carbocycles. The second kappa shape index (κ2) is 12.3. The number of aryl methyl sites for hydroxylation is 2. The number of nitrogens with zero attached hydrogens (tertiary/aromatic N) is 2. The maximum Gasteiger partial charge on any atom is 0.325 e. The van der Waals surface area contributed by atoms with Gasteiger partial charge in [0.05, 0.1) is 18.3 Å². The Morgan fingerprint density at radius 3 is 2.85 bits per heavy atom. The second-order valence-corrected chi connectivity index (χ2v) is 12.3. The summed E-state index contributed by atoms with van der Waals surface area (Å²) in [4.78, 5) is 19.0. The van der Waals surface area contributed by atoms with Crippen molar-refractivity contribution in [2.75, 3.05) is 32.1 Å². The zero-order chi connectivity index (χ0) is 29.2. The molecule has 2 aromatic rings. The first-order valence-electron chi connectivity index (χ1n) is 14.9. The molecule has 1 aromatic heterocycles. The summed E-state index contributed by atoms with van der Waals surface area (Å²) in [5.41, 5.74) is 4.17. The number of anilines is 1. The maximum absolute atomic E-state index is 15.4. The van der Waals surface area contributed by atoms with Gasteiger partial charge >= 0.3 is 5.97 Å². The maximum atomic E-state index is 15.4. The lowest BCUT2D eigenvalue weighted by molar-refractivity contribution is -0.143. The number of likely N-dealkylation sites (tertiary alicyclic amines) is 1. The van der Waals surface area contributed by atoms with Crippen molar-refractivity contribution in [1.82, 2.24) is 9.88 Å². The topological polar surface area (TPSA) is 83.9 Å². The minimum absolute atomic E-state index is 0.0647. The molecule has 7 nitrogen and oxygen atoms in total. The molecule has 0 bridgehead atoms. The fourth-order valence-electron chi connectivity index (χ4n) is 6.54. The van der Waals surface area contributed by atoms with E-state index < -0.39 is 29.5 Å². The van der Waals surface area contributed by atoms with Crippen molar-refractivity contribution in [1.29, 1.82) is 0 Å². The number of hydrogen-bond donors (Lipinski definition) is 2. The van der Waals surface area contributed by atoms with E-state index in [0.717, 1.165) is 42.0 Å². The number of halogens is 2. The Bertz CT molecular complexity index is 1240. The van der Waals surface area contributed by atoms with Gasteiger partial charge in [-0.1, -0.05) is 24.3 Å². The number of aliphatic carboxylic acids is 1. The van der Waals surface area contributed by atoms with Crippen LogP contribution in [0.3, 0.4) is 0 Å². The van der Waals surface area contributed by atoms with Crippen LogP contribution in [0.5, 0.6) is 0 Å². The second-order valence-electron chi connectivity index (χ2n) is 12.3. The van der Waals surface area contributed by atoms with Crippen molar-refractivity contribution in [2.45, 2.75) is 95.5 Å². The number of benzene rings is 1. The van der Waals surface area contributed by atoms with Gasteiger partial charge in [-0.2, -0.15) is 0 Å². The van der Waals surface area contributed by atoms with Crippen molar-refractivity contribution in [3.63, 3.8) is 0 Å². The van der Waals surface area contributed by atoms with Crippen LogP contribution in [0.1, 0.15) is 79.9 Å². The number of hydrogen-bond acceptors (Lipinski definition) is 6. The first-order chi connectivity index (χ1) is 19.6. The summed E-state index contributed by atoms with van der Waals surface area (Å²) in [5.74, 6) is -3.79. The number of fused-ring (bicyclic) bond motifs is 2. The highest BCUT2D eigenvalue weighted by Gasteiger charge is 2.46. The van der Waals surface area contributed by atoms with E-state index in [1.54, 1.807) is 12.0 Å². The fraction of sp³-hybridized carbons (Fsp3) is 0.625. The van der Waals surface area contributed by atoms with E-state index in [-0.39, 0.29) is 25.5 Å². The quantitative estimate of drug-likeness (QED) is 0.330. The number of ether oxygens (including phenoxy) is 2. The minimum atomic E-state index is -2.85. The molecule has 1 aromatic carbocycles. The lowest BCUT2D eigenvalue weighted by Gasteiger charge is -2.38. The molecule has 9 heteroatoms. The summed E-state index contributed by atoms with van der Waals surface area (Å²) in [5, 5.41) is 13.6. The van der Waals surface area contributed by atoms with Gasteiger partial charge in [-0.05, 0) is 87.2 Å². The van der Waals surface area contributed by atoms with E-state index in [2.05, 4.69) is 16.4 Å². The predicted octanol–water partition coefficient (Wildman–Crippen LogP) is 5.80. The van der Waals surface area contributed by atoms with Crippen molar-refractivity contribution >= 4 is 11.8 Å². The van der Waals surface area contributed by atoms with Gasteiger partial charge in [-0.3, -0.25) is 9.69 Å². The number of rotatable bonds is 11. The molecule has 1 unspecified atom stereocenters. The largest absolute Gasteiger partial charge is 0.480 e. The normalized spacial score (nSPS) is 22.1. The molecule has 0 amide bonds. The molecule has 3 atom stereocenters. The first kappa shape index (κ1) is 29.9. The molecule has 3 aliphatic heterocycles. The Morgan fingerprint density at radius 2 is 2.07 bits per heavy atom. The molecule has 2 N–H and O–H groups in total. The summed E-state index contributed by atoms with van der Waals surface area (Å²) in [6.07, 6.45) is 4.21. The standard InChI is InChI=1S/C32H43F2N3O4/c1-31(2,40-3)27-18-26-22(20-41-27)8-6-11-25(26)28(30(38)39)37-17-14-23(19-37)32(33,34)15-5-4-10-24-13-12-21-9-7-16-35-29(21)36-24/h6,8,11-13,23,27-28H,4-5,7,9-10,14-20H2,1-3H3,(H,35,36)(H,38,39)/t23-,27+,28?/m1/s1. The Kier molecular flexibility index (Phi) is 8.97. The average molecular weight is 572 g/mol. The zero-order valence-corrected chi connectivity index (χ0v) is 24.4.